The van der Waals surface area contributed by atoms with Crippen LogP contribution in [0, 0.1) is 0 Å². The smallest absolute Gasteiger partial charge is 0.231 e. The van der Waals surface area contributed by atoms with E-state index in [2.05, 4.69) is 6.07 Å². The first kappa shape index (κ1) is 9.97. The van der Waals surface area contributed by atoms with E-state index < -0.39 is 0 Å². The van der Waals surface area contributed by atoms with Gasteiger partial charge in [0.1, 0.15) is 0 Å². The summed E-state index contributed by atoms with van der Waals surface area (Å²) in [5.74, 6) is 0.190. The number of nitrogens with zero attached hydrogens (tertiary/aromatic N) is 1. The van der Waals surface area contributed by atoms with Crippen LogP contribution in [0.3, 0.4) is 0 Å². The number of hydrogen-bond donors (Lipinski definition) is 0. The van der Waals surface area contributed by atoms with Crippen LogP contribution in [0.2, 0.25) is 0 Å². The van der Waals surface area contributed by atoms with Crippen molar-refractivity contribution in [1.29, 1.82) is 0 Å². The van der Waals surface area contributed by atoms with E-state index in [0.717, 1.165) is 17.7 Å². The van der Waals surface area contributed by atoms with Gasteiger partial charge in [-0.1, -0.05) is 23.8 Å². The summed E-state index contributed by atoms with van der Waals surface area (Å²) in [5.41, 5.74) is 3.43. The third kappa shape index (κ3) is 1.94. The van der Waals surface area contributed by atoms with Crippen LogP contribution in [-0.4, -0.2) is 5.91 Å². The lowest BCUT2D eigenvalue weighted by molar-refractivity contribution is -0.118. The summed E-state index contributed by atoms with van der Waals surface area (Å²) >= 11 is 0. The number of carbonyl (C=O) groups excluding carboxylic acids is 1. The predicted octanol–water partition coefficient (Wildman–Crippen LogP) is 2.89. The van der Waals surface area contributed by atoms with E-state index in [1.54, 1.807) is 4.90 Å². The van der Waals surface area contributed by atoms with E-state index in [1.807, 2.05) is 38.2 Å². The fourth-order valence-corrected chi connectivity index (χ4v) is 1.85. The molecule has 0 radical (unpaired) electrons. The Labute approximate surface area is 90.2 Å². The van der Waals surface area contributed by atoms with Crippen molar-refractivity contribution in [2.75, 3.05) is 4.90 Å². The van der Waals surface area contributed by atoms with Crippen LogP contribution in [0.5, 0.6) is 0 Å². The van der Waals surface area contributed by atoms with Gasteiger partial charge in [0.05, 0.1) is 5.69 Å². The number of rotatable bonds is 1. The van der Waals surface area contributed by atoms with E-state index in [4.69, 9.17) is 0 Å². The Bertz CT molecular complexity index is 416. The van der Waals surface area contributed by atoms with Crippen molar-refractivity contribution < 1.29 is 4.79 Å². The highest BCUT2D eigenvalue weighted by Gasteiger charge is 2.21. The standard InChI is InChI=1S/C13H15NO/c1-10(2)9-14-12-6-4-3-5-11(12)7-8-13(14)15/h3-6,9H,7-8H2,1-2H3. The van der Waals surface area contributed by atoms with Gasteiger partial charge in [0.15, 0.2) is 0 Å². The highest BCUT2D eigenvalue weighted by Crippen LogP contribution is 2.27. The topological polar surface area (TPSA) is 20.3 Å². The van der Waals surface area contributed by atoms with Gasteiger partial charge in [-0.3, -0.25) is 9.69 Å². The number of allylic oxidation sites excluding steroid dienone is 1. The molecule has 1 aromatic carbocycles. The molecule has 2 heteroatoms. The minimum atomic E-state index is 0.190. The van der Waals surface area contributed by atoms with Gasteiger partial charge in [-0.05, 0) is 31.9 Å². The Morgan fingerprint density at radius 3 is 2.73 bits per heavy atom. The second-order valence-corrected chi connectivity index (χ2v) is 4.10. The molecule has 0 atom stereocenters. The van der Waals surface area contributed by atoms with E-state index in [-0.39, 0.29) is 5.91 Å². The highest BCUT2D eigenvalue weighted by atomic mass is 16.2. The average molecular weight is 201 g/mol. The van der Waals surface area contributed by atoms with Crippen molar-refractivity contribution in [3.8, 4) is 0 Å². The summed E-state index contributed by atoms with van der Waals surface area (Å²) in [4.78, 5) is 13.5. The number of aryl methyl sites for hydroxylation is 1. The molecular formula is C13H15NO. The van der Waals surface area contributed by atoms with Gasteiger partial charge in [-0.25, -0.2) is 0 Å². The van der Waals surface area contributed by atoms with E-state index in [0.29, 0.717) is 6.42 Å². The van der Waals surface area contributed by atoms with Crippen LogP contribution in [0.15, 0.2) is 36.0 Å². The Balaban J connectivity index is 2.46. The number of hydrogen-bond acceptors (Lipinski definition) is 1. The molecule has 0 aliphatic carbocycles. The zero-order valence-corrected chi connectivity index (χ0v) is 9.16. The average Bonchev–Trinajstić information content (AvgIpc) is 2.22. The molecule has 1 aliphatic heterocycles. The van der Waals surface area contributed by atoms with Gasteiger partial charge in [0.25, 0.3) is 0 Å². The van der Waals surface area contributed by atoms with Crippen LogP contribution < -0.4 is 4.90 Å². The maximum Gasteiger partial charge on any atom is 0.231 e. The van der Waals surface area contributed by atoms with E-state index >= 15 is 0 Å². The maximum atomic E-state index is 11.8. The molecule has 78 valence electrons. The number of benzene rings is 1. The first-order valence-corrected chi connectivity index (χ1v) is 5.23. The Morgan fingerprint density at radius 2 is 2.00 bits per heavy atom. The second-order valence-electron chi connectivity index (χ2n) is 4.10. The quantitative estimate of drug-likeness (QED) is 0.684. The Kier molecular flexibility index (Phi) is 2.58. The van der Waals surface area contributed by atoms with Crippen LogP contribution in [0.1, 0.15) is 25.8 Å². The predicted molar refractivity (Wildman–Crippen MR) is 61.7 cm³/mol. The number of amides is 1. The van der Waals surface area contributed by atoms with E-state index in [1.165, 1.54) is 5.56 Å². The van der Waals surface area contributed by atoms with Gasteiger partial charge >= 0.3 is 0 Å². The first-order chi connectivity index (χ1) is 7.18. The molecular weight excluding hydrogens is 186 g/mol. The summed E-state index contributed by atoms with van der Waals surface area (Å²) in [6, 6.07) is 8.10. The van der Waals surface area contributed by atoms with Crippen molar-refractivity contribution in [1.82, 2.24) is 0 Å². The van der Waals surface area contributed by atoms with Crippen LogP contribution in [0.25, 0.3) is 0 Å². The van der Waals surface area contributed by atoms with Crippen LogP contribution >= 0.6 is 0 Å². The van der Waals surface area contributed by atoms with Crippen LogP contribution in [-0.2, 0) is 11.2 Å². The summed E-state index contributed by atoms with van der Waals surface area (Å²) in [7, 11) is 0. The molecule has 2 rings (SSSR count). The number of fused-ring (bicyclic) bond motifs is 1. The summed E-state index contributed by atoms with van der Waals surface area (Å²) in [6.07, 6.45) is 3.39. The lowest BCUT2D eigenvalue weighted by Gasteiger charge is -2.26. The monoisotopic (exact) mass is 201 g/mol. The van der Waals surface area contributed by atoms with Gasteiger partial charge in [0.2, 0.25) is 5.91 Å². The number of carbonyl (C=O) groups is 1. The third-order valence-electron chi connectivity index (χ3n) is 2.52. The second kappa shape index (κ2) is 3.89. The zero-order valence-electron chi connectivity index (χ0n) is 9.16. The molecule has 0 saturated carbocycles. The molecule has 1 heterocycles. The minimum Gasteiger partial charge on any atom is -0.288 e. The molecule has 15 heavy (non-hydrogen) atoms. The fraction of sp³-hybridized carbons (Fsp3) is 0.308. The van der Waals surface area contributed by atoms with Crippen molar-refractivity contribution in [3.05, 3.63) is 41.6 Å². The van der Waals surface area contributed by atoms with Crippen LogP contribution in [0.4, 0.5) is 5.69 Å². The fourth-order valence-electron chi connectivity index (χ4n) is 1.85. The molecule has 2 nitrogen and oxygen atoms in total. The van der Waals surface area contributed by atoms with Gasteiger partial charge < -0.3 is 0 Å². The van der Waals surface area contributed by atoms with E-state index in [9.17, 15) is 4.79 Å². The molecule has 1 aromatic rings. The lowest BCUT2D eigenvalue weighted by Crippen LogP contribution is -2.30. The molecule has 0 N–H and O–H groups in total. The number of para-hydroxylation sites is 1. The molecule has 0 bridgehead atoms. The van der Waals surface area contributed by atoms with Gasteiger partial charge in [-0.15, -0.1) is 0 Å². The van der Waals surface area contributed by atoms with Crippen molar-refractivity contribution in [2.24, 2.45) is 0 Å². The Morgan fingerprint density at radius 1 is 1.27 bits per heavy atom. The molecule has 0 spiro atoms. The molecule has 0 fully saturated rings. The summed E-state index contributed by atoms with van der Waals surface area (Å²) in [6.45, 7) is 4.01. The van der Waals surface area contributed by atoms with Crippen molar-refractivity contribution >= 4 is 11.6 Å². The Hall–Kier alpha value is -1.57. The van der Waals surface area contributed by atoms with Crippen molar-refractivity contribution in [2.45, 2.75) is 26.7 Å². The summed E-state index contributed by atoms with van der Waals surface area (Å²) in [5, 5.41) is 0. The molecule has 1 amide bonds. The summed E-state index contributed by atoms with van der Waals surface area (Å²) < 4.78 is 0. The number of anilines is 1. The third-order valence-corrected chi connectivity index (χ3v) is 2.52. The molecule has 0 aromatic heterocycles. The zero-order chi connectivity index (χ0) is 10.8. The maximum absolute atomic E-state index is 11.8. The highest BCUT2D eigenvalue weighted by molar-refractivity contribution is 5.98. The largest absolute Gasteiger partial charge is 0.288 e. The SMILES string of the molecule is CC(C)=CN1C(=O)CCc2ccccc21. The molecule has 0 saturated heterocycles. The van der Waals surface area contributed by atoms with Crippen molar-refractivity contribution in [3.63, 3.8) is 0 Å². The van der Waals surface area contributed by atoms with Gasteiger partial charge in [-0.2, -0.15) is 0 Å². The van der Waals surface area contributed by atoms with Gasteiger partial charge in [0, 0.05) is 12.6 Å². The molecule has 0 unspecified atom stereocenters. The minimum absolute atomic E-state index is 0.190. The lowest BCUT2D eigenvalue weighted by atomic mass is 10.0. The first-order valence-electron chi connectivity index (χ1n) is 5.23. The normalized spacial score (nSPS) is 14.8. The molecule has 1 aliphatic rings.